The molecule has 8 heteroatoms. The molecule has 0 saturated carbocycles. The number of hydrogen-bond donors (Lipinski definition) is 0. The molecule has 0 aliphatic carbocycles. The van der Waals surface area contributed by atoms with Crippen molar-refractivity contribution in [3.8, 4) is 0 Å². The van der Waals surface area contributed by atoms with E-state index in [9.17, 15) is 26.4 Å². The molecule has 27 heavy (non-hydrogen) atoms. The van der Waals surface area contributed by atoms with Crippen LogP contribution in [0.15, 0.2) is 47.4 Å². The Bertz CT molecular complexity index is 984. The molecule has 0 unspecified atom stereocenters. The SMILES string of the molecule is CS(=O)(=O)c1ccccc1CC(=O)N1CCCc2c1cccc2C(F)(F)F. The maximum absolute atomic E-state index is 13.3. The molecule has 0 spiro atoms. The number of sulfone groups is 1. The van der Waals surface area contributed by atoms with Gasteiger partial charge in [0.1, 0.15) is 0 Å². The summed E-state index contributed by atoms with van der Waals surface area (Å²) in [6.45, 7) is 0.300. The molecule has 1 heterocycles. The Hall–Kier alpha value is -2.35. The molecule has 0 atom stereocenters. The second-order valence-electron chi connectivity index (χ2n) is 6.51. The van der Waals surface area contributed by atoms with E-state index in [0.717, 1.165) is 12.3 Å². The number of nitrogens with zero attached hydrogens (tertiary/aromatic N) is 1. The quantitative estimate of drug-likeness (QED) is 0.795. The summed E-state index contributed by atoms with van der Waals surface area (Å²) in [5.74, 6) is -0.425. The Morgan fingerprint density at radius 2 is 1.81 bits per heavy atom. The number of rotatable bonds is 3. The highest BCUT2D eigenvalue weighted by molar-refractivity contribution is 7.90. The van der Waals surface area contributed by atoms with E-state index in [4.69, 9.17) is 0 Å². The maximum atomic E-state index is 13.3. The molecule has 1 aliphatic rings. The van der Waals surface area contributed by atoms with Gasteiger partial charge in [-0.05, 0) is 42.2 Å². The third kappa shape index (κ3) is 4.00. The molecule has 2 aromatic rings. The van der Waals surface area contributed by atoms with Crippen molar-refractivity contribution >= 4 is 21.4 Å². The van der Waals surface area contributed by atoms with Crippen LogP contribution in [0.4, 0.5) is 18.9 Å². The van der Waals surface area contributed by atoms with Crippen LogP contribution in [-0.2, 0) is 33.6 Å². The molecule has 2 aromatic carbocycles. The van der Waals surface area contributed by atoms with Crippen molar-refractivity contribution in [2.75, 3.05) is 17.7 Å². The van der Waals surface area contributed by atoms with Gasteiger partial charge in [-0.25, -0.2) is 8.42 Å². The molecule has 0 radical (unpaired) electrons. The van der Waals surface area contributed by atoms with Gasteiger partial charge in [-0.1, -0.05) is 24.3 Å². The molecule has 1 amide bonds. The first-order valence-corrected chi connectivity index (χ1v) is 10.3. The van der Waals surface area contributed by atoms with Crippen molar-refractivity contribution in [3.05, 3.63) is 59.2 Å². The van der Waals surface area contributed by atoms with Gasteiger partial charge in [0.05, 0.1) is 16.9 Å². The number of carbonyl (C=O) groups is 1. The van der Waals surface area contributed by atoms with Crippen molar-refractivity contribution in [2.45, 2.75) is 30.3 Å². The summed E-state index contributed by atoms with van der Waals surface area (Å²) in [5.41, 5.74) is -0.0305. The van der Waals surface area contributed by atoms with Gasteiger partial charge < -0.3 is 4.90 Å². The van der Waals surface area contributed by atoms with Crippen molar-refractivity contribution in [3.63, 3.8) is 0 Å². The Labute approximate surface area is 155 Å². The van der Waals surface area contributed by atoms with Crippen molar-refractivity contribution in [1.29, 1.82) is 0 Å². The highest BCUT2D eigenvalue weighted by Gasteiger charge is 2.36. The zero-order chi connectivity index (χ0) is 19.8. The Morgan fingerprint density at radius 1 is 1.11 bits per heavy atom. The first-order chi connectivity index (χ1) is 12.6. The summed E-state index contributed by atoms with van der Waals surface area (Å²) in [6.07, 6.45) is -2.96. The van der Waals surface area contributed by atoms with Gasteiger partial charge in [-0.15, -0.1) is 0 Å². The smallest absolute Gasteiger partial charge is 0.312 e. The molecular weight excluding hydrogens is 379 g/mol. The largest absolute Gasteiger partial charge is 0.416 e. The highest BCUT2D eigenvalue weighted by Crippen LogP contribution is 2.39. The number of fused-ring (bicyclic) bond motifs is 1. The number of amides is 1. The van der Waals surface area contributed by atoms with Crippen LogP contribution in [-0.4, -0.2) is 27.1 Å². The van der Waals surface area contributed by atoms with E-state index < -0.39 is 27.5 Å². The van der Waals surface area contributed by atoms with Crippen LogP contribution < -0.4 is 4.90 Å². The average Bonchev–Trinajstić information content (AvgIpc) is 2.59. The van der Waals surface area contributed by atoms with Crippen LogP contribution >= 0.6 is 0 Å². The molecule has 3 rings (SSSR count). The van der Waals surface area contributed by atoms with Crippen LogP contribution in [0.1, 0.15) is 23.1 Å². The average molecular weight is 397 g/mol. The summed E-state index contributed by atoms with van der Waals surface area (Å²) >= 11 is 0. The Balaban J connectivity index is 1.96. The summed E-state index contributed by atoms with van der Waals surface area (Å²) < 4.78 is 63.6. The number of anilines is 1. The number of benzene rings is 2. The zero-order valence-corrected chi connectivity index (χ0v) is 15.4. The summed E-state index contributed by atoms with van der Waals surface area (Å²) in [4.78, 5) is 14.2. The lowest BCUT2D eigenvalue weighted by Gasteiger charge is -2.31. The monoisotopic (exact) mass is 397 g/mol. The van der Waals surface area contributed by atoms with E-state index in [1.54, 1.807) is 18.2 Å². The second kappa shape index (κ2) is 6.99. The Morgan fingerprint density at radius 3 is 2.48 bits per heavy atom. The van der Waals surface area contributed by atoms with E-state index in [-0.39, 0.29) is 29.0 Å². The van der Waals surface area contributed by atoms with E-state index in [1.807, 2.05) is 0 Å². The molecule has 0 aromatic heterocycles. The molecule has 144 valence electrons. The number of hydrogen-bond acceptors (Lipinski definition) is 3. The number of alkyl halides is 3. The van der Waals surface area contributed by atoms with Crippen LogP contribution in [0.2, 0.25) is 0 Å². The highest BCUT2D eigenvalue weighted by atomic mass is 32.2. The zero-order valence-electron chi connectivity index (χ0n) is 14.6. The third-order valence-corrected chi connectivity index (χ3v) is 5.77. The molecule has 0 fully saturated rings. The first-order valence-electron chi connectivity index (χ1n) is 8.36. The normalized spacial score (nSPS) is 14.7. The van der Waals surface area contributed by atoms with Gasteiger partial charge in [0.15, 0.2) is 9.84 Å². The van der Waals surface area contributed by atoms with Crippen molar-refractivity contribution in [2.24, 2.45) is 0 Å². The fourth-order valence-electron chi connectivity index (χ4n) is 3.42. The van der Waals surface area contributed by atoms with Gasteiger partial charge in [-0.3, -0.25) is 4.79 Å². The van der Waals surface area contributed by atoms with E-state index >= 15 is 0 Å². The van der Waals surface area contributed by atoms with Gasteiger partial charge in [0.25, 0.3) is 0 Å². The fourth-order valence-corrected chi connectivity index (χ4v) is 4.36. The minimum absolute atomic E-state index is 0.0552. The lowest BCUT2D eigenvalue weighted by Crippen LogP contribution is -2.37. The van der Waals surface area contributed by atoms with Crippen LogP contribution in [0.5, 0.6) is 0 Å². The van der Waals surface area contributed by atoms with Gasteiger partial charge in [0.2, 0.25) is 5.91 Å². The van der Waals surface area contributed by atoms with Gasteiger partial charge in [-0.2, -0.15) is 13.2 Å². The van der Waals surface area contributed by atoms with E-state index in [1.165, 1.54) is 23.1 Å². The van der Waals surface area contributed by atoms with E-state index in [0.29, 0.717) is 18.5 Å². The first kappa shape index (κ1) is 19.4. The molecule has 0 saturated heterocycles. The van der Waals surface area contributed by atoms with Crippen LogP contribution in [0, 0.1) is 0 Å². The lowest BCUT2D eigenvalue weighted by molar-refractivity contribution is -0.138. The Kier molecular flexibility index (Phi) is 5.03. The van der Waals surface area contributed by atoms with Crippen molar-refractivity contribution in [1.82, 2.24) is 0 Å². The predicted octanol–water partition coefficient (Wildman–Crippen LogP) is 3.63. The molecule has 4 nitrogen and oxygen atoms in total. The fraction of sp³-hybridized carbons (Fsp3) is 0.316. The number of carbonyl (C=O) groups excluding carboxylic acids is 1. The van der Waals surface area contributed by atoms with Gasteiger partial charge in [0, 0.05) is 18.5 Å². The molecule has 1 aliphatic heterocycles. The predicted molar refractivity (Wildman–Crippen MR) is 95.4 cm³/mol. The molecular formula is C19H18F3NO3S. The standard InChI is InChI=1S/C19H18F3NO3S/c1-27(25,26)17-10-3-2-6-13(17)12-18(24)23-11-5-7-14-15(19(20,21)22)8-4-9-16(14)23/h2-4,6,8-10H,5,7,11-12H2,1H3. The topological polar surface area (TPSA) is 54.5 Å². The van der Waals surface area contributed by atoms with Crippen LogP contribution in [0.3, 0.4) is 0 Å². The third-order valence-electron chi connectivity index (χ3n) is 4.57. The second-order valence-corrected chi connectivity index (χ2v) is 8.49. The lowest BCUT2D eigenvalue weighted by atomic mass is 9.95. The number of halogens is 3. The molecule has 0 N–H and O–H groups in total. The maximum Gasteiger partial charge on any atom is 0.416 e. The summed E-state index contributed by atoms with van der Waals surface area (Å²) in [7, 11) is -3.52. The van der Waals surface area contributed by atoms with Crippen LogP contribution in [0.25, 0.3) is 0 Å². The minimum Gasteiger partial charge on any atom is -0.312 e. The van der Waals surface area contributed by atoms with E-state index in [2.05, 4.69) is 0 Å². The van der Waals surface area contributed by atoms with Gasteiger partial charge >= 0.3 is 6.18 Å². The minimum atomic E-state index is -4.49. The summed E-state index contributed by atoms with van der Waals surface area (Å²) in [6, 6.07) is 9.97. The molecule has 0 bridgehead atoms. The van der Waals surface area contributed by atoms with Crippen molar-refractivity contribution < 1.29 is 26.4 Å². The summed E-state index contributed by atoms with van der Waals surface area (Å²) in [5, 5.41) is 0.